The number of hydrogen-bond acceptors (Lipinski definition) is 3. The molecule has 1 aliphatic carbocycles. The molecule has 1 aromatic heterocycles. The number of halogens is 1. The van der Waals surface area contributed by atoms with Gasteiger partial charge in [-0.25, -0.2) is 4.39 Å². The second-order valence-electron chi connectivity index (χ2n) is 5.70. The Hall–Kier alpha value is -2.07. The molecule has 0 spiro atoms. The first-order chi connectivity index (χ1) is 10.6. The third-order valence-corrected chi connectivity index (χ3v) is 5.32. The molecule has 0 fully saturated rings. The largest absolute Gasteiger partial charge is 0.206 e. The molecule has 0 saturated heterocycles. The third-order valence-electron chi connectivity index (χ3n) is 4.20. The zero-order valence-corrected chi connectivity index (χ0v) is 13.2. The summed E-state index contributed by atoms with van der Waals surface area (Å²) in [4.78, 5) is 2.47. The number of benzene rings is 1. The minimum absolute atomic E-state index is 0.161. The average Bonchev–Trinajstić information content (AvgIpc) is 3.00. The van der Waals surface area contributed by atoms with Crippen LogP contribution in [0.15, 0.2) is 46.6 Å². The number of allylic oxidation sites excluding steroid dienone is 1. The Morgan fingerprint density at radius 3 is 2.77 bits per heavy atom. The van der Waals surface area contributed by atoms with Crippen LogP contribution in [0, 0.1) is 12.7 Å². The van der Waals surface area contributed by atoms with E-state index >= 15 is 0 Å². The summed E-state index contributed by atoms with van der Waals surface area (Å²) in [7, 11) is 0. The summed E-state index contributed by atoms with van der Waals surface area (Å²) in [6, 6.07) is 9.14. The first-order valence-corrected chi connectivity index (χ1v) is 8.13. The van der Waals surface area contributed by atoms with Crippen molar-refractivity contribution in [2.45, 2.75) is 26.2 Å². The Balaban J connectivity index is 1.95. The average molecular weight is 310 g/mol. The molecule has 1 unspecified atom stereocenters. The summed E-state index contributed by atoms with van der Waals surface area (Å²) in [6.07, 6.45) is 2.81. The highest BCUT2D eigenvalue weighted by Crippen LogP contribution is 2.42. The highest BCUT2D eigenvalue weighted by atomic mass is 32.1. The Kier molecular flexibility index (Phi) is 3.08. The predicted octanol–water partition coefficient (Wildman–Crippen LogP) is 4.95. The van der Waals surface area contributed by atoms with Crippen molar-refractivity contribution >= 4 is 28.3 Å². The first kappa shape index (κ1) is 13.6. The van der Waals surface area contributed by atoms with Gasteiger partial charge in [-0.05, 0) is 37.1 Å². The summed E-state index contributed by atoms with van der Waals surface area (Å²) >= 11 is 1.76. The van der Waals surface area contributed by atoms with E-state index in [2.05, 4.69) is 29.3 Å². The van der Waals surface area contributed by atoms with Crippen LogP contribution < -0.4 is 0 Å². The van der Waals surface area contributed by atoms with Crippen LogP contribution >= 0.6 is 11.3 Å². The van der Waals surface area contributed by atoms with Crippen molar-refractivity contribution in [2.24, 2.45) is 10.2 Å². The molecule has 0 amide bonds. The fourth-order valence-electron chi connectivity index (χ4n) is 3.21. The van der Waals surface area contributed by atoms with Gasteiger partial charge < -0.3 is 0 Å². The first-order valence-electron chi connectivity index (χ1n) is 7.32. The quantitative estimate of drug-likeness (QED) is 0.712. The van der Waals surface area contributed by atoms with Crippen molar-refractivity contribution in [3.8, 4) is 0 Å². The molecule has 2 nitrogen and oxygen atoms in total. The number of fused-ring (bicyclic) bond motifs is 3. The topological polar surface area (TPSA) is 24.7 Å². The maximum Gasteiger partial charge on any atom is 0.131 e. The molecule has 22 heavy (non-hydrogen) atoms. The Morgan fingerprint density at radius 2 is 1.95 bits per heavy atom. The molecule has 1 aliphatic heterocycles. The fraction of sp³-hybridized carbons (Fsp3) is 0.222. The molecule has 2 aliphatic rings. The molecule has 0 N–H and O–H groups in total. The van der Waals surface area contributed by atoms with Crippen LogP contribution in [0.25, 0.3) is 5.57 Å². The molecule has 1 aromatic carbocycles. The monoisotopic (exact) mass is 310 g/mol. The van der Waals surface area contributed by atoms with Crippen LogP contribution in [0.2, 0.25) is 0 Å². The number of thiophene rings is 1. The highest BCUT2D eigenvalue weighted by Gasteiger charge is 2.32. The molecule has 0 radical (unpaired) electrons. The maximum absolute atomic E-state index is 14.3. The lowest BCUT2D eigenvalue weighted by molar-refractivity contribution is 0.624. The minimum Gasteiger partial charge on any atom is -0.206 e. The smallest absolute Gasteiger partial charge is 0.131 e. The Morgan fingerprint density at radius 1 is 1.14 bits per heavy atom. The van der Waals surface area contributed by atoms with E-state index in [0.29, 0.717) is 5.56 Å². The molecular weight excluding hydrogens is 295 g/mol. The fourth-order valence-corrected chi connectivity index (χ4v) is 4.43. The Labute approximate surface area is 132 Å². The summed E-state index contributed by atoms with van der Waals surface area (Å²) < 4.78 is 14.3. The normalized spacial score (nSPS) is 19.8. The van der Waals surface area contributed by atoms with E-state index in [1.165, 1.54) is 15.8 Å². The third kappa shape index (κ3) is 1.98. The number of nitrogens with zero attached hydrogens (tertiary/aromatic N) is 2. The second kappa shape index (κ2) is 4.99. The molecular formula is C18H15FN2S. The van der Waals surface area contributed by atoms with Crippen LogP contribution in [0.5, 0.6) is 0 Å². The van der Waals surface area contributed by atoms with Gasteiger partial charge in [0.1, 0.15) is 5.82 Å². The van der Waals surface area contributed by atoms with Crippen molar-refractivity contribution in [2.75, 3.05) is 0 Å². The van der Waals surface area contributed by atoms with Gasteiger partial charge in [-0.2, -0.15) is 10.2 Å². The van der Waals surface area contributed by atoms with Crippen molar-refractivity contribution in [3.63, 3.8) is 0 Å². The lowest BCUT2D eigenvalue weighted by Gasteiger charge is -2.12. The van der Waals surface area contributed by atoms with E-state index in [1.807, 2.05) is 19.1 Å². The zero-order valence-electron chi connectivity index (χ0n) is 12.4. The van der Waals surface area contributed by atoms with Gasteiger partial charge in [0.15, 0.2) is 0 Å². The van der Waals surface area contributed by atoms with Crippen molar-refractivity contribution < 1.29 is 4.39 Å². The number of hydrogen-bond donors (Lipinski definition) is 0. The minimum atomic E-state index is -0.178. The van der Waals surface area contributed by atoms with E-state index in [-0.39, 0.29) is 11.7 Å². The molecule has 4 rings (SSSR count). The van der Waals surface area contributed by atoms with Gasteiger partial charge in [-0.15, -0.1) is 11.3 Å². The summed E-state index contributed by atoms with van der Waals surface area (Å²) in [6.45, 7) is 4.12. The van der Waals surface area contributed by atoms with Gasteiger partial charge in [0, 0.05) is 21.7 Å². The SMILES string of the molecule is CC1=NN=C2CC=C(c3ccccc3F)c3cc(C)sc3C12. The summed E-state index contributed by atoms with van der Waals surface area (Å²) in [5.74, 6) is -0.0165. The Bertz CT molecular complexity index is 858. The van der Waals surface area contributed by atoms with Crippen molar-refractivity contribution in [1.82, 2.24) is 0 Å². The molecule has 2 heterocycles. The molecule has 0 bridgehead atoms. The summed E-state index contributed by atoms with van der Waals surface area (Å²) in [5, 5.41) is 8.58. The molecule has 1 atom stereocenters. The molecule has 110 valence electrons. The van der Waals surface area contributed by atoms with E-state index < -0.39 is 0 Å². The van der Waals surface area contributed by atoms with Crippen LogP contribution in [0.1, 0.15) is 40.1 Å². The lowest BCUT2D eigenvalue weighted by atomic mass is 9.93. The predicted molar refractivity (Wildman–Crippen MR) is 90.4 cm³/mol. The van der Waals surface area contributed by atoms with E-state index in [0.717, 1.165) is 29.0 Å². The van der Waals surface area contributed by atoms with Crippen molar-refractivity contribution in [3.05, 3.63) is 63.1 Å². The second-order valence-corrected chi connectivity index (χ2v) is 6.99. The lowest BCUT2D eigenvalue weighted by Crippen LogP contribution is -2.13. The van der Waals surface area contributed by atoms with Crippen LogP contribution in [0.3, 0.4) is 0 Å². The van der Waals surface area contributed by atoms with Crippen LogP contribution in [0.4, 0.5) is 4.39 Å². The maximum atomic E-state index is 14.3. The standard InChI is InChI=1S/C18H15FN2S/c1-10-9-14-12(13-5-3-4-6-15(13)19)7-8-16-17(18(14)22-10)11(2)20-21-16/h3-7,9,17H,8H2,1-2H3. The molecule has 0 saturated carbocycles. The number of aryl methyl sites for hydroxylation is 1. The van der Waals surface area contributed by atoms with E-state index in [1.54, 1.807) is 17.4 Å². The van der Waals surface area contributed by atoms with Gasteiger partial charge in [-0.1, -0.05) is 24.3 Å². The molecule has 2 aromatic rings. The van der Waals surface area contributed by atoms with Gasteiger partial charge in [0.2, 0.25) is 0 Å². The number of rotatable bonds is 1. The van der Waals surface area contributed by atoms with Gasteiger partial charge in [0.05, 0.1) is 17.3 Å². The van der Waals surface area contributed by atoms with Gasteiger partial charge in [-0.3, -0.25) is 0 Å². The highest BCUT2D eigenvalue weighted by molar-refractivity contribution is 7.12. The van der Waals surface area contributed by atoms with Crippen LogP contribution in [-0.2, 0) is 0 Å². The van der Waals surface area contributed by atoms with E-state index in [4.69, 9.17) is 0 Å². The van der Waals surface area contributed by atoms with Crippen molar-refractivity contribution in [1.29, 1.82) is 0 Å². The molecule has 4 heteroatoms. The summed E-state index contributed by atoms with van der Waals surface area (Å²) in [5.41, 5.74) is 4.85. The van der Waals surface area contributed by atoms with Gasteiger partial charge in [0.25, 0.3) is 0 Å². The van der Waals surface area contributed by atoms with Gasteiger partial charge >= 0.3 is 0 Å². The van der Waals surface area contributed by atoms with E-state index in [9.17, 15) is 4.39 Å². The zero-order chi connectivity index (χ0) is 15.3. The van der Waals surface area contributed by atoms with Crippen LogP contribution in [-0.4, -0.2) is 11.4 Å².